The molecule has 0 aliphatic heterocycles. The summed E-state index contributed by atoms with van der Waals surface area (Å²) in [6, 6.07) is 0. The second kappa shape index (κ2) is 43.8. The average Bonchev–Trinajstić information content (AvgIpc) is 3.21. The fourth-order valence-corrected chi connectivity index (χ4v) is 6.43. The van der Waals surface area contributed by atoms with E-state index in [0.717, 1.165) is 109 Å². The summed E-state index contributed by atoms with van der Waals surface area (Å²) < 4.78 is 26.9. The first-order valence-electron chi connectivity index (χ1n) is 22.6. The molecule has 0 fully saturated rings. The van der Waals surface area contributed by atoms with Gasteiger partial charge in [-0.05, 0) is 89.9 Å². The predicted octanol–water partition coefficient (Wildman–Crippen LogP) is 12.8. The molecule has 2 unspecified atom stereocenters. The molecule has 0 radical (unpaired) electrons. The van der Waals surface area contributed by atoms with Crippen LogP contribution in [-0.2, 0) is 27.9 Å². The Morgan fingerprint density at radius 1 is 0.552 bits per heavy atom. The minimum absolute atomic E-state index is 0.0614. The van der Waals surface area contributed by atoms with Crippen LogP contribution in [0, 0.1) is 0 Å². The number of hydrogen-bond donors (Lipinski definition) is 3. The summed E-state index contributed by atoms with van der Waals surface area (Å²) >= 11 is 0. The van der Waals surface area contributed by atoms with Gasteiger partial charge in [0.25, 0.3) is 0 Å². The van der Waals surface area contributed by atoms with Gasteiger partial charge in [-0.15, -0.1) is 0 Å². The molecule has 0 aliphatic rings. The molecule has 0 aromatic carbocycles. The Hall–Kier alpha value is -2.81. The number of aliphatic hydroxyl groups excluding tert-OH is 1. The van der Waals surface area contributed by atoms with Crippen LogP contribution >= 0.6 is 7.82 Å². The van der Waals surface area contributed by atoms with Crippen LogP contribution in [0.3, 0.4) is 0 Å². The van der Waals surface area contributed by atoms with E-state index in [9.17, 15) is 24.2 Å². The Kier molecular flexibility index (Phi) is 41.6. The van der Waals surface area contributed by atoms with Crippen molar-refractivity contribution >= 4 is 19.7 Å². The number of amides is 1. The molecule has 332 valence electrons. The fraction of sp³-hybridized carbons (Fsp3) is 0.667. The molecule has 0 aromatic heterocycles. The zero-order chi connectivity index (χ0) is 42.5. The second-order valence-corrected chi connectivity index (χ2v) is 16.1. The number of allylic oxidation sites excluding steroid dienone is 14. The minimum Gasteiger partial charge on any atom is -0.463 e. The van der Waals surface area contributed by atoms with Gasteiger partial charge in [0.2, 0.25) is 5.91 Å². The third-order valence-electron chi connectivity index (χ3n) is 9.06. The van der Waals surface area contributed by atoms with Crippen LogP contribution in [0.1, 0.15) is 174 Å². The summed E-state index contributed by atoms with van der Waals surface area (Å²) in [4.78, 5) is 33.9. The van der Waals surface area contributed by atoms with E-state index >= 15 is 0 Å². The topological polar surface area (TPSA) is 131 Å². The summed E-state index contributed by atoms with van der Waals surface area (Å²) in [5.41, 5.74) is 0. The van der Waals surface area contributed by atoms with Crippen molar-refractivity contribution in [3.8, 4) is 0 Å². The van der Waals surface area contributed by atoms with Gasteiger partial charge in [0, 0.05) is 19.4 Å². The highest BCUT2D eigenvalue weighted by molar-refractivity contribution is 7.47. The number of unbranched alkanes of at least 4 members (excludes halogenated alkanes) is 14. The van der Waals surface area contributed by atoms with Gasteiger partial charge in [-0.1, -0.05) is 157 Å². The molecule has 0 rings (SSSR count). The van der Waals surface area contributed by atoms with E-state index in [-0.39, 0.29) is 32.1 Å². The third kappa shape index (κ3) is 44.3. The highest BCUT2D eigenvalue weighted by atomic mass is 31.2. The van der Waals surface area contributed by atoms with Gasteiger partial charge in [-0.3, -0.25) is 18.6 Å². The van der Waals surface area contributed by atoms with Gasteiger partial charge in [0.1, 0.15) is 12.7 Å². The van der Waals surface area contributed by atoms with E-state index in [1.165, 1.54) is 38.5 Å². The number of aliphatic hydroxyl groups is 1. The smallest absolute Gasteiger partial charge is 0.463 e. The van der Waals surface area contributed by atoms with Crippen LogP contribution in [0.5, 0.6) is 0 Å². The van der Waals surface area contributed by atoms with Crippen molar-refractivity contribution in [2.75, 3.05) is 26.4 Å². The van der Waals surface area contributed by atoms with E-state index < -0.39 is 26.5 Å². The lowest BCUT2D eigenvalue weighted by Crippen LogP contribution is -2.27. The van der Waals surface area contributed by atoms with Crippen LogP contribution < -0.4 is 5.32 Å². The number of ether oxygens (including phenoxy) is 1. The monoisotopic (exact) mass is 832 g/mol. The zero-order valence-electron chi connectivity index (χ0n) is 36.5. The Balaban J connectivity index is 3.68. The van der Waals surface area contributed by atoms with Gasteiger partial charge in [-0.2, -0.15) is 0 Å². The minimum atomic E-state index is -4.43. The summed E-state index contributed by atoms with van der Waals surface area (Å²) in [5, 5.41) is 12.7. The second-order valence-electron chi connectivity index (χ2n) is 14.6. The summed E-state index contributed by atoms with van der Waals surface area (Å²) in [6.45, 7) is 3.37. The number of nitrogens with one attached hydrogen (secondary N) is 1. The molecule has 0 spiro atoms. The molecule has 0 aromatic rings. The van der Waals surface area contributed by atoms with Crippen LogP contribution in [0.2, 0.25) is 0 Å². The number of rotatable bonds is 41. The van der Waals surface area contributed by atoms with Crippen LogP contribution in [0.15, 0.2) is 85.1 Å². The normalized spacial score (nSPS) is 14.1. The lowest BCUT2D eigenvalue weighted by molar-refractivity contribution is -0.147. The lowest BCUT2D eigenvalue weighted by Gasteiger charge is -2.15. The Labute approximate surface area is 353 Å². The Morgan fingerprint density at radius 2 is 0.983 bits per heavy atom. The van der Waals surface area contributed by atoms with Crippen molar-refractivity contribution < 1.29 is 37.9 Å². The Morgan fingerprint density at radius 3 is 1.50 bits per heavy atom. The number of phosphoric acid groups is 1. The number of hydrogen-bond acceptors (Lipinski definition) is 7. The highest BCUT2D eigenvalue weighted by Crippen LogP contribution is 2.42. The maximum absolute atomic E-state index is 12.1. The fourth-order valence-electron chi connectivity index (χ4n) is 5.67. The average molecular weight is 832 g/mol. The van der Waals surface area contributed by atoms with Gasteiger partial charge in [-0.25, -0.2) is 4.57 Å². The van der Waals surface area contributed by atoms with Crippen molar-refractivity contribution in [2.24, 2.45) is 0 Å². The van der Waals surface area contributed by atoms with Gasteiger partial charge >= 0.3 is 13.8 Å². The summed E-state index contributed by atoms with van der Waals surface area (Å²) in [6.07, 6.45) is 55.1. The molecule has 9 nitrogen and oxygen atoms in total. The first-order valence-corrected chi connectivity index (χ1v) is 24.1. The maximum atomic E-state index is 12.1. The standard InChI is InChI=1S/C48H82NO8P/c1-3-5-7-9-11-13-15-17-19-20-21-22-23-24-25-26-27-28-30-32-34-36-38-40-47(51)49-42-43-56-58(53,54)57-45-46(50)44-55-48(52)41-39-37-35-33-31-29-18-16-14-12-10-8-6-4-2/h5,7,11,13,16-19,21-22,24-25,27-28,46,50H,3-4,6,8-10,12,14-15,20,23,26,29-45H2,1-2H3,(H,49,51)(H,53,54)/b7-5-,13-11-,18-16-,19-17-,22-21-,25-24-,28-27-. The molecule has 10 heteroatoms. The zero-order valence-corrected chi connectivity index (χ0v) is 37.4. The van der Waals surface area contributed by atoms with Crippen molar-refractivity contribution in [3.05, 3.63) is 85.1 Å². The molecule has 2 atom stereocenters. The largest absolute Gasteiger partial charge is 0.472 e. The molecule has 0 aliphatic carbocycles. The van der Waals surface area contributed by atoms with Crippen molar-refractivity contribution in [2.45, 2.75) is 180 Å². The number of esters is 1. The lowest BCUT2D eigenvalue weighted by atomic mass is 10.1. The number of carbonyl (C=O) groups excluding carboxylic acids is 2. The molecule has 0 bridgehead atoms. The molecular weight excluding hydrogens is 750 g/mol. The third-order valence-corrected chi connectivity index (χ3v) is 10.0. The van der Waals surface area contributed by atoms with E-state index in [1.807, 2.05) is 0 Å². The first-order chi connectivity index (χ1) is 28.3. The molecule has 0 heterocycles. The maximum Gasteiger partial charge on any atom is 0.472 e. The summed E-state index contributed by atoms with van der Waals surface area (Å²) in [7, 11) is -4.43. The van der Waals surface area contributed by atoms with E-state index in [2.05, 4.69) is 104 Å². The van der Waals surface area contributed by atoms with Gasteiger partial charge in [0.05, 0.1) is 13.2 Å². The number of carbonyl (C=O) groups is 2. The Bertz CT molecular complexity index is 1220. The molecule has 58 heavy (non-hydrogen) atoms. The van der Waals surface area contributed by atoms with Crippen molar-refractivity contribution in [3.63, 3.8) is 0 Å². The van der Waals surface area contributed by atoms with Crippen LogP contribution in [-0.4, -0.2) is 54.3 Å². The predicted molar refractivity (Wildman–Crippen MR) is 242 cm³/mol. The van der Waals surface area contributed by atoms with Gasteiger partial charge in [0.15, 0.2) is 0 Å². The molecule has 3 N–H and O–H groups in total. The molecular formula is C48H82NO8P. The van der Waals surface area contributed by atoms with Crippen molar-refractivity contribution in [1.29, 1.82) is 0 Å². The highest BCUT2D eigenvalue weighted by Gasteiger charge is 2.23. The van der Waals surface area contributed by atoms with E-state index in [0.29, 0.717) is 6.42 Å². The number of phosphoric ester groups is 1. The summed E-state index contributed by atoms with van der Waals surface area (Å²) in [5.74, 6) is -0.556. The van der Waals surface area contributed by atoms with Crippen LogP contribution in [0.4, 0.5) is 0 Å². The first kappa shape index (κ1) is 55.2. The van der Waals surface area contributed by atoms with E-state index in [4.69, 9.17) is 13.8 Å². The molecule has 1 amide bonds. The molecule has 0 saturated carbocycles. The van der Waals surface area contributed by atoms with Crippen molar-refractivity contribution in [1.82, 2.24) is 5.32 Å². The van der Waals surface area contributed by atoms with Crippen LogP contribution in [0.25, 0.3) is 0 Å². The molecule has 0 saturated heterocycles. The quantitative estimate of drug-likeness (QED) is 0.0240. The van der Waals surface area contributed by atoms with E-state index in [1.54, 1.807) is 0 Å². The van der Waals surface area contributed by atoms with Gasteiger partial charge < -0.3 is 20.1 Å². The SMILES string of the molecule is CC/C=C\C/C=C\C/C=C\C/C=C\C/C=C\C/C=C\CCCCCCC(=O)NCCOP(=O)(O)OCC(O)COC(=O)CCCCCCC/C=C\CCCCCCC.